The van der Waals surface area contributed by atoms with Gasteiger partial charge in [0.05, 0.1) is 0 Å². The maximum absolute atomic E-state index is 12.2. The van der Waals surface area contributed by atoms with Crippen molar-refractivity contribution in [3.63, 3.8) is 0 Å². The second-order valence-electron chi connectivity index (χ2n) is 4.25. The highest BCUT2D eigenvalue weighted by molar-refractivity contribution is 6.17. The van der Waals surface area contributed by atoms with Gasteiger partial charge in [-0.2, -0.15) is 13.2 Å². The molecule has 0 saturated carbocycles. The van der Waals surface area contributed by atoms with Gasteiger partial charge < -0.3 is 5.32 Å². The third-order valence-corrected chi connectivity index (χ3v) is 2.33. The van der Waals surface area contributed by atoms with Crippen LogP contribution < -0.4 is 5.32 Å². The van der Waals surface area contributed by atoms with Gasteiger partial charge in [0.25, 0.3) is 0 Å². The summed E-state index contributed by atoms with van der Waals surface area (Å²) >= 11 is 5.61. The van der Waals surface area contributed by atoms with E-state index in [1.807, 2.05) is 13.8 Å². The van der Waals surface area contributed by atoms with Gasteiger partial charge in [-0.1, -0.05) is 0 Å². The smallest absolute Gasteiger partial charge is 0.364 e. The van der Waals surface area contributed by atoms with E-state index in [-0.39, 0.29) is 5.54 Å². The van der Waals surface area contributed by atoms with Crippen molar-refractivity contribution in [1.82, 2.24) is 10.2 Å². The predicted octanol–water partition coefficient (Wildman–Crippen LogP) is 3.31. The first-order chi connectivity index (χ1) is 7.74. The van der Waals surface area contributed by atoms with Crippen LogP contribution in [0, 0.1) is 0 Å². The van der Waals surface area contributed by atoms with E-state index in [1.165, 1.54) is 6.07 Å². The Morgan fingerprint density at radius 2 is 1.88 bits per heavy atom. The highest BCUT2D eigenvalue weighted by atomic mass is 35.5. The average Bonchev–Trinajstić information content (AvgIpc) is 2.16. The Balaban J connectivity index is 2.75. The molecule has 0 saturated heterocycles. The number of rotatable bonds is 4. The lowest BCUT2D eigenvalue weighted by molar-refractivity contribution is -0.141. The molecule has 0 aromatic carbocycles. The van der Waals surface area contributed by atoms with Crippen LogP contribution in [-0.2, 0) is 6.18 Å². The zero-order chi connectivity index (χ0) is 13.1. The second kappa shape index (κ2) is 5.08. The van der Waals surface area contributed by atoms with Crippen LogP contribution in [0.2, 0.25) is 0 Å². The summed E-state index contributed by atoms with van der Waals surface area (Å²) in [5.74, 6) is 0.752. The van der Waals surface area contributed by atoms with Gasteiger partial charge in [0.2, 0.25) is 0 Å². The first-order valence-corrected chi connectivity index (χ1v) is 5.53. The molecule has 0 unspecified atom stereocenters. The number of halogens is 4. The molecule has 0 atom stereocenters. The lowest BCUT2D eigenvalue weighted by Gasteiger charge is -2.25. The molecule has 1 rings (SSSR count). The van der Waals surface area contributed by atoms with Gasteiger partial charge in [-0.05, 0) is 32.4 Å². The second-order valence-corrected chi connectivity index (χ2v) is 4.63. The Morgan fingerprint density at radius 1 is 1.24 bits per heavy atom. The van der Waals surface area contributed by atoms with Crippen molar-refractivity contribution in [1.29, 1.82) is 0 Å². The van der Waals surface area contributed by atoms with Crippen molar-refractivity contribution in [2.24, 2.45) is 0 Å². The fraction of sp³-hybridized carbons (Fsp3) is 0.600. The molecule has 0 aliphatic carbocycles. The van der Waals surface area contributed by atoms with E-state index in [0.717, 1.165) is 6.07 Å². The topological polar surface area (TPSA) is 37.8 Å². The van der Waals surface area contributed by atoms with Gasteiger partial charge in [-0.3, -0.25) is 0 Å². The van der Waals surface area contributed by atoms with Crippen LogP contribution >= 0.6 is 11.6 Å². The first-order valence-electron chi connectivity index (χ1n) is 5.00. The number of alkyl halides is 4. The molecule has 17 heavy (non-hydrogen) atoms. The summed E-state index contributed by atoms with van der Waals surface area (Å²) in [6.45, 7) is 3.77. The van der Waals surface area contributed by atoms with Gasteiger partial charge in [-0.25, -0.2) is 0 Å². The van der Waals surface area contributed by atoms with Crippen LogP contribution in [0.1, 0.15) is 26.0 Å². The van der Waals surface area contributed by atoms with Crippen LogP contribution in [0.3, 0.4) is 0 Å². The predicted molar refractivity (Wildman–Crippen MR) is 60.1 cm³/mol. The standard InChI is InChI=1S/C10H13ClF3N3/c1-9(2,5-6-11)15-8-4-3-7(16-17-8)10(12,13)14/h3-4H,5-6H2,1-2H3,(H,15,17). The largest absolute Gasteiger partial charge is 0.435 e. The molecule has 1 N–H and O–H groups in total. The Hall–Kier alpha value is -1.04. The van der Waals surface area contributed by atoms with Crippen molar-refractivity contribution in [3.05, 3.63) is 17.8 Å². The van der Waals surface area contributed by atoms with Gasteiger partial charge in [0, 0.05) is 11.4 Å². The van der Waals surface area contributed by atoms with Crippen LogP contribution in [0.5, 0.6) is 0 Å². The van der Waals surface area contributed by atoms with Gasteiger partial charge in [-0.15, -0.1) is 21.8 Å². The molecular formula is C10H13ClF3N3. The Bertz CT molecular complexity index is 362. The monoisotopic (exact) mass is 267 g/mol. The first kappa shape index (κ1) is 14.0. The summed E-state index contributed by atoms with van der Waals surface area (Å²) in [4.78, 5) is 0. The quantitative estimate of drug-likeness (QED) is 0.851. The zero-order valence-electron chi connectivity index (χ0n) is 9.48. The molecule has 0 spiro atoms. The SMILES string of the molecule is CC(C)(CCCl)Nc1ccc(C(F)(F)F)nn1. The molecule has 3 nitrogen and oxygen atoms in total. The minimum absolute atomic E-state index is 0.299. The fourth-order valence-electron chi connectivity index (χ4n) is 1.20. The number of hydrogen-bond acceptors (Lipinski definition) is 3. The minimum Gasteiger partial charge on any atom is -0.364 e. The molecule has 0 bridgehead atoms. The molecule has 1 heterocycles. The molecule has 96 valence electrons. The summed E-state index contributed by atoms with van der Waals surface area (Å²) in [5, 5.41) is 9.58. The molecule has 0 aliphatic rings. The van der Waals surface area contributed by atoms with Crippen molar-refractivity contribution >= 4 is 17.4 Å². The van der Waals surface area contributed by atoms with Crippen LogP contribution in [-0.4, -0.2) is 21.6 Å². The van der Waals surface area contributed by atoms with E-state index in [2.05, 4.69) is 15.5 Å². The molecule has 0 radical (unpaired) electrons. The number of hydrogen-bond donors (Lipinski definition) is 1. The van der Waals surface area contributed by atoms with Crippen LogP contribution in [0.25, 0.3) is 0 Å². The molecule has 1 aromatic heterocycles. The maximum atomic E-state index is 12.2. The molecule has 0 fully saturated rings. The van der Waals surface area contributed by atoms with E-state index >= 15 is 0 Å². The number of nitrogens with zero attached hydrogens (tertiary/aromatic N) is 2. The third-order valence-electron chi connectivity index (χ3n) is 2.14. The number of aromatic nitrogens is 2. The summed E-state index contributed by atoms with van der Waals surface area (Å²) in [6, 6.07) is 2.15. The summed E-state index contributed by atoms with van der Waals surface area (Å²) in [7, 11) is 0. The Morgan fingerprint density at radius 3 is 2.29 bits per heavy atom. The molecule has 7 heteroatoms. The van der Waals surface area contributed by atoms with Gasteiger partial charge >= 0.3 is 6.18 Å². The maximum Gasteiger partial charge on any atom is 0.435 e. The van der Waals surface area contributed by atoms with Crippen LogP contribution in [0.4, 0.5) is 19.0 Å². The summed E-state index contributed by atoms with van der Waals surface area (Å²) in [5.41, 5.74) is -1.34. The Labute approximate surface area is 102 Å². The van der Waals surface area contributed by atoms with E-state index in [0.29, 0.717) is 18.1 Å². The third kappa shape index (κ3) is 4.38. The molecule has 0 aliphatic heterocycles. The number of anilines is 1. The van der Waals surface area contributed by atoms with Crippen LogP contribution in [0.15, 0.2) is 12.1 Å². The zero-order valence-corrected chi connectivity index (χ0v) is 10.2. The van der Waals surface area contributed by atoms with Gasteiger partial charge in [0.1, 0.15) is 5.82 Å². The molecular weight excluding hydrogens is 255 g/mol. The van der Waals surface area contributed by atoms with Crippen molar-refractivity contribution in [3.8, 4) is 0 Å². The fourth-order valence-corrected chi connectivity index (χ4v) is 1.67. The molecule has 0 amide bonds. The summed E-state index contributed by atoms with van der Waals surface area (Å²) < 4.78 is 36.7. The minimum atomic E-state index is -4.46. The highest BCUT2D eigenvalue weighted by Gasteiger charge is 2.33. The van der Waals surface area contributed by atoms with E-state index < -0.39 is 11.9 Å². The normalized spacial score (nSPS) is 12.6. The van der Waals surface area contributed by atoms with Gasteiger partial charge in [0.15, 0.2) is 5.69 Å². The molecule has 1 aromatic rings. The summed E-state index contributed by atoms with van der Waals surface area (Å²) in [6.07, 6.45) is -3.80. The van der Waals surface area contributed by atoms with Crippen molar-refractivity contribution in [2.45, 2.75) is 32.0 Å². The van der Waals surface area contributed by atoms with Crippen molar-refractivity contribution < 1.29 is 13.2 Å². The van der Waals surface area contributed by atoms with Crippen molar-refractivity contribution in [2.75, 3.05) is 11.2 Å². The van der Waals surface area contributed by atoms with E-state index in [9.17, 15) is 13.2 Å². The lowest BCUT2D eigenvalue weighted by Crippen LogP contribution is -2.31. The van der Waals surface area contributed by atoms with E-state index in [4.69, 9.17) is 11.6 Å². The average molecular weight is 268 g/mol. The lowest BCUT2D eigenvalue weighted by atomic mass is 10.0. The highest BCUT2D eigenvalue weighted by Crippen LogP contribution is 2.27. The van der Waals surface area contributed by atoms with E-state index in [1.54, 1.807) is 0 Å². The Kier molecular flexibility index (Phi) is 4.19. The number of nitrogens with one attached hydrogen (secondary N) is 1.